The highest BCUT2D eigenvalue weighted by Crippen LogP contribution is 2.34. The molecule has 0 saturated carbocycles. The summed E-state index contributed by atoms with van der Waals surface area (Å²) < 4.78 is 27.1. The SMILES string of the molecule is COC(=O)[C@H]1O[C@@H](Oc2ccc(/C=C/CO)cc2N)[C@H](OC(C)=O)[C@@H](OC(C)=O)[C@@H]1C. The van der Waals surface area contributed by atoms with E-state index in [4.69, 9.17) is 34.5 Å². The maximum Gasteiger partial charge on any atom is 0.335 e. The number of hydrogen-bond acceptors (Lipinski definition) is 10. The molecule has 1 fully saturated rings. The molecule has 31 heavy (non-hydrogen) atoms. The standard InChI is InChI=1S/C21H27NO9/c1-11-17(28-12(2)24)19(29-13(3)25)21(31-18(11)20(26)27-4)30-16-8-7-14(6-5-9-23)10-15(16)22/h5-8,10-11,17-19,21,23H,9,22H2,1-4H3/b6-5+/t11-,17-,18-,19+,21+/m0/s1. The van der Waals surface area contributed by atoms with Crippen molar-refractivity contribution >= 4 is 29.7 Å². The number of hydrogen-bond donors (Lipinski definition) is 2. The van der Waals surface area contributed by atoms with Crippen LogP contribution in [0.4, 0.5) is 5.69 Å². The summed E-state index contributed by atoms with van der Waals surface area (Å²) in [6.45, 7) is 3.88. The molecule has 5 atom stereocenters. The Hall–Kier alpha value is -3.11. The van der Waals surface area contributed by atoms with Gasteiger partial charge in [-0.15, -0.1) is 0 Å². The van der Waals surface area contributed by atoms with E-state index < -0.39 is 48.4 Å². The summed E-state index contributed by atoms with van der Waals surface area (Å²) in [5, 5.41) is 8.89. The van der Waals surface area contributed by atoms with E-state index in [9.17, 15) is 14.4 Å². The van der Waals surface area contributed by atoms with Gasteiger partial charge < -0.3 is 34.5 Å². The topological polar surface area (TPSA) is 144 Å². The Kier molecular flexibility index (Phi) is 8.40. The fourth-order valence-corrected chi connectivity index (χ4v) is 3.23. The number of nitrogen functional groups attached to an aromatic ring is 1. The van der Waals surface area contributed by atoms with Crippen molar-refractivity contribution in [1.82, 2.24) is 0 Å². The van der Waals surface area contributed by atoms with Crippen LogP contribution in [0, 0.1) is 5.92 Å². The lowest BCUT2D eigenvalue weighted by Gasteiger charge is -2.42. The van der Waals surface area contributed by atoms with Crippen molar-refractivity contribution in [3.8, 4) is 5.75 Å². The zero-order chi connectivity index (χ0) is 23.1. The normalized spacial score (nSPS) is 25.6. The molecule has 1 aliphatic rings. The average Bonchev–Trinajstić information content (AvgIpc) is 2.71. The van der Waals surface area contributed by atoms with Gasteiger partial charge in [0.25, 0.3) is 0 Å². The Morgan fingerprint density at radius 2 is 1.81 bits per heavy atom. The van der Waals surface area contributed by atoms with E-state index >= 15 is 0 Å². The number of nitrogens with two attached hydrogens (primary N) is 1. The van der Waals surface area contributed by atoms with Crippen LogP contribution in [0.2, 0.25) is 0 Å². The van der Waals surface area contributed by atoms with Crippen molar-refractivity contribution in [3.05, 3.63) is 29.8 Å². The number of anilines is 1. The summed E-state index contributed by atoms with van der Waals surface area (Å²) >= 11 is 0. The maximum absolute atomic E-state index is 12.2. The zero-order valence-corrected chi connectivity index (χ0v) is 17.8. The molecule has 10 heteroatoms. The predicted octanol–water partition coefficient (Wildman–Crippen LogP) is 1.05. The van der Waals surface area contributed by atoms with Gasteiger partial charge >= 0.3 is 17.9 Å². The number of ether oxygens (including phenoxy) is 5. The van der Waals surface area contributed by atoms with Crippen LogP contribution in [0.25, 0.3) is 6.08 Å². The van der Waals surface area contributed by atoms with Crippen LogP contribution in [0.1, 0.15) is 26.3 Å². The number of aliphatic hydroxyl groups excluding tert-OH is 1. The Labute approximate surface area is 179 Å². The van der Waals surface area contributed by atoms with E-state index in [1.54, 1.807) is 37.3 Å². The van der Waals surface area contributed by atoms with Gasteiger partial charge in [-0.05, 0) is 17.7 Å². The second-order valence-corrected chi connectivity index (χ2v) is 6.96. The number of carbonyl (C=O) groups excluding carboxylic acids is 3. The molecule has 10 nitrogen and oxygen atoms in total. The third-order valence-electron chi connectivity index (χ3n) is 4.60. The minimum absolute atomic E-state index is 0.122. The first-order chi connectivity index (χ1) is 14.7. The highest BCUT2D eigenvalue weighted by Gasteiger charge is 2.52. The first-order valence-electron chi connectivity index (χ1n) is 9.59. The van der Waals surface area contributed by atoms with E-state index in [0.717, 1.165) is 5.56 Å². The first-order valence-corrected chi connectivity index (χ1v) is 9.59. The summed E-state index contributed by atoms with van der Waals surface area (Å²) in [7, 11) is 1.20. The molecule has 0 bridgehead atoms. The second-order valence-electron chi connectivity index (χ2n) is 6.96. The molecule has 1 heterocycles. The van der Waals surface area contributed by atoms with Crippen molar-refractivity contribution in [1.29, 1.82) is 0 Å². The summed E-state index contributed by atoms with van der Waals surface area (Å²) in [6, 6.07) is 4.85. The quantitative estimate of drug-likeness (QED) is 0.361. The van der Waals surface area contributed by atoms with Crippen molar-refractivity contribution in [2.75, 3.05) is 19.5 Å². The summed E-state index contributed by atoms with van der Waals surface area (Å²) in [6.07, 6.45) is -1.43. The Bertz CT molecular complexity index is 838. The van der Waals surface area contributed by atoms with E-state index in [1.807, 2.05) is 0 Å². The molecule has 0 aromatic heterocycles. The number of rotatable bonds is 7. The van der Waals surface area contributed by atoms with Gasteiger partial charge in [0.1, 0.15) is 5.75 Å². The van der Waals surface area contributed by atoms with Gasteiger partial charge in [-0.25, -0.2) is 4.79 Å². The van der Waals surface area contributed by atoms with Crippen LogP contribution in [0.3, 0.4) is 0 Å². The molecule has 1 aromatic rings. The third-order valence-corrected chi connectivity index (χ3v) is 4.60. The average molecular weight is 437 g/mol. The van der Waals surface area contributed by atoms with Gasteiger partial charge in [0.05, 0.1) is 19.4 Å². The van der Waals surface area contributed by atoms with E-state index in [-0.39, 0.29) is 18.0 Å². The van der Waals surface area contributed by atoms with Crippen LogP contribution in [-0.4, -0.2) is 61.3 Å². The predicted molar refractivity (Wildman–Crippen MR) is 109 cm³/mol. The number of benzene rings is 1. The second kappa shape index (κ2) is 10.8. The van der Waals surface area contributed by atoms with Crippen molar-refractivity contribution in [2.45, 2.75) is 45.4 Å². The summed E-state index contributed by atoms with van der Waals surface area (Å²) in [5.74, 6) is -2.47. The molecule has 1 aliphatic heterocycles. The molecule has 0 aliphatic carbocycles. The molecular weight excluding hydrogens is 410 g/mol. The summed E-state index contributed by atoms with van der Waals surface area (Å²) in [5.41, 5.74) is 7.02. The number of esters is 3. The van der Waals surface area contributed by atoms with Gasteiger partial charge in [0.15, 0.2) is 12.2 Å². The zero-order valence-electron chi connectivity index (χ0n) is 17.8. The number of methoxy groups -OCH3 is 1. The van der Waals surface area contributed by atoms with Crippen molar-refractivity contribution in [2.24, 2.45) is 5.92 Å². The molecule has 0 spiro atoms. The molecule has 0 unspecified atom stereocenters. The third kappa shape index (κ3) is 6.19. The summed E-state index contributed by atoms with van der Waals surface area (Å²) in [4.78, 5) is 35.6. The number of carbonyl (C=O) groups is 3. The molecule has 0 amide bonds. The minimum atomic E-state index is -1.31. The van der Waals surface area contributed by atoms with Gasteiger partial charge in [0, 0.05) is 19.8 Å². The lowest BCUT2D eigenvalue weighted by atomic mass is 9.90. The highest BCUT2D eigenvalue weighted by atomic mass is 16.7. The van der Waals surface area contributed by atoms with Gasteiger partial charge in [-0.2, -0.15) is 0 Å². The van der Waals surface area contributed by atoms with Gasteiger partial charge in [-0.1, -0.05) is 25.1 Å². The lowest BCUT2D eigenvalue weighted by Crippen LogP contribution is -2.60. The molecule has 170 valence electrons. The molecule has 3 N–H and O–H groups in total. The van der Waals surface area contributed by atoms with Crippen LogP contribution in [-0.2, 0) is 33.3 Å². The van der Waals surface area contributed by atoms with Gasteiger partial charge in [-0.3, -0.25) is 9.59 Å². The molecule has 1 aromatic carbocycles. The lowest BCUT2D eigenvalue weighted by molar-refractivity contribution is -0.266. The fraction of sp³-hybridized carbons (Fsp3) is 0.476. The van der Waals surface area contributed by atoms with Gasteiger partial charge in [0.2, 0.25) is 12.4 Å². The molecular formula is C21H27NO9. The largest absolute Gasteiger partial charge is 0.467 e. The first kappa shape index (κ1) is 24.2. The Morgan fingerprint density at radius 1 is 1.16 bits per heavy atom. The number of aliphatic hydroxyl groups is 1. The van der Waals surface area contributed by atoms with Crippen LogP contribution >= 0.6 is 0 Å². The van der Waals surface area contributed by atoms with Crippen LogP contribution in [0.15, 0.2) is 24.3 Å². The minimum Gasteiger partial charge on any atom is -0.467 e. The van der Waals surface area contributed by atoms with E-state index in [1.165, 1.54) is 21.0 Å². The molecule has 2 rings (SSSR count). The monoisotopic (exact) mass is 437 g/mol. The van der Waals surface area contributed by atoms with Crippen LogP contribution in [0.5, 0.6) is 5.75 Å². The Morgan fingerprint density at radius 3 is 2.35 bits per heavy atom. The molecule has 1 saturated heterocycles. The smallest absolute Gasteiger partial charge is 0.335 e. The van der Waals surface area contributed by atoms with E-state index in [0.29, 0.717) is 0 Å². The maximum atomic E-state index is 12.2. The Balaban J connectivity index is 2.39. The fourth-order valence-electron chi connectivity index (χ4n) is 3.23. The van der Waals surface area contributed by atoms with E-state index in [2.05, 4.69) is 0 Å². The van der Waals surface area contributed by atoms with Crippen molar-refractivity contribution < 1.29 is 43.2 Å². The van der Waals surface area contributed by atoms with Crippen LogP contribution < -0.4 is 10.5 Å². The highest BCUT2D eigenvalue weighted by molar-refractivity contribution is 5.75. The molecule has 0 radical (unpaired) electrons. The van der Waals surface area contributed by atoms with Crippen molar-refractivity contribution in [3.63, 3.8) is 0 Å².